The summed E-state index contributed by atoms with van der Waals surface area (Å²) in [6, 6.07) is 8.81. The van der Waals surface area contributed by atoms with Crippen LogP contribution in [0.5, 0.6) is 0 Å². The highest BCUT2D eigenvalue weighted by molar-refractivity contribution is 5.80. The van der Waals surface area contributed by atoms with Crippen molar-refractivity contribution < 1.29 is 19.1 Å². The zero-order valence-electron chi connectivity index (χ0n) is 20.7. The average Bonchev–Trinajstić information content (AvgIpc) is 2.82. The van der Waals surface area contributed by atoms with E-state index in [2.05, 4.69) is 6.92 Å². The number of unbranched alkanes of at least 4 members (excludes halogenated alkanes) is 12. The lowest BCUT2D eigenvalue weighted by Crippen LogP contribution is -2.41. The van der Waals surface area contributed by atoms with Crippen LogP contribution >= 0.6 is 0 Å². The molecular weight excluding hydrogens is 402 g/mol. The molecule has 0 aliphatic heterocycles. The first-order chi connectivity index (χ1) is 15.6. The van der Waals surface area contributed by atoms with Gasteiger partial charge in [0, 0.05) is 7.05 Å². The lowest BCUT2D eigenvalue weighted by molar-refractivity contribution is -0.148. The van der Waals surface area contributed by atoms with Crippen LogP contribution in [0.1, 0.15) is 103 Å². The Morgan fingerprint density at radius 2 is 1.28 bits per heavy atom. The Balaban J connectivity index is 1.99. The number of rotatable bonds is 18. The first-order valence-electron chi connectivity index (χ1n) is 12.7. The van der Waals surface area contributed by atoms with E-state index in [1.54, 1.807) is 14.0 Å². The van der Waals surface area contributed by atoms with E-state index < -0.39 is 12.1 Å². The maximum absolute atomic E-state index is 12.2. The number of hydrogen-bond donors (Lipinski definition) is 0. The Hall–Kier alpha value is -2.04. The summed E-state index contributed by atoms with van der Waals surface area (Å²) in [7, 11) is 1.56. The zero-order chi connectivity index (χ0) is 23.4. The number of ether oxygens (including phenoxy) is 2. The standard InChI is InChI=1S/C27H45NO4/c1-4-5-6-7-8-9-10-11-12-13-14-15-19-22-31-26(29)24(2)28(3)27(30)32-23-25-20-17-16-18-21-25/h16-18,20-21,24H,4-15,19,22-23H2,1-3H3. The molecule has 0 aliphatic rings. The SMILES string of the molecule is CCCCCCCCCCCCCCCOC(=O)C(C)N(C)C(=O)OCc1ccccc1. The molecule has 182 valence electrons. The second kappa shape index (κ2) is 18.5. The van der Waals surface area contributed by atoms with E-state index >= 15 is 0 Å². The third-order valence-corrected chi connectivity index (χ3v) is 5.91. The van der Waals surface area contributed by atoms with Crippen molar-refractivity contribution in [3.8, 4) is 0 Å². The van der Waals surface area contributed by atoms with Crippen molar-refractivity contribution in [1.29, 1.82) is 0 Å². The van der Waals surface area contributed by atoms with Crippen molar-refractivity contribution in [2.45, 2.75) is 110 Å². The summed E-state index contributed by atoms with van der Waals surface area (Å²) in [5.41, 5.74) is 0.909. The van der Waals surface area contributed by atoms with Gasteiger partial charge in [0.15, 0.2) is 0 Å². The Kier molecular flexibility index (Phi) is 16.2. The monoisotopic (exact) mass is 447 g/mol. The largest absolute Gasteiger partial charge is 0.464 e. The lowest BCUT2D eigenvalue weighted by atomic mass is 10.0. The second-order valence-electron chi connectivity index (χ2n) is 8.74. The van der Waals surface area contributed by atoms with Crippen molar-refractivity contribution in [3.63, 3.8) is 0 Å². The van der Waals surface area contributed by atoms with Crippen molar-refractivity contribution >= 4 is 12.1 Å². The Labute approximate surface area is 195 Å². The highest BCUT2D eigenvalue weighted by Gasteiger charge is 2.24. The summed E-state index contributed by atoms with van der Waals surface area (Å²) in [5.74, 6) is -0.386. The Morgan fingerprint density at radius 3 is 1.81 bits per heavy atom. The molecule has 0 saturated heterocycles. The fraction of sp³-hybridized carbons (Fsp3) is 0.704. The van der Waals surface area contributed by atoms with Gasteiger partial charge in [-0.2, -0.15) is 0 Å². The van der Waals surface area contributed by atoms with Gasteiger partial charge < -0.3 is 9.47 Å². The minimum Gasteiger partial charge on any atom is -0.464 e. The van der Waals surface area contributed by atoms with Crippen LogP contribution in [-0.2, 0) is 20.9 Å². The van der Waals surface area contributed by atoms with Gasteiger partial charge in [-0.25, -0.2) is 9.59 Å². The van der Waals surface area contributed by atoms with Crippen LogP contribution in [0.3, 0.4) is 0 Å². The number of carbonyl (C=O) groups is 2. The van der Waals surface area contributed by atoms with Gasteiger partial charge in [0.1, 0.15) is 12.6 Å². The lowest BCUT2D eigenvalue weighted by Gasteiger charge is -2.22. The zero-order valence-corrected chi connectivity index (χ0v) is 20.7. The van der Waals surface area contributed by atoms with E-state index in [0.29, 0.717) is 6.61 Å². The molecule has 0 N–H and O–H groups in total. The van der Waals surface area contributed by atoms with E-state index in [1.165, 1.54) is 75.5 Å². The predicted molar refractivity (Wildman–Crippen MR) is 131 cm³/mol. The minimum atomic E-state index is -0.666. The van der Waals surface area contributed by atoms with Gasteiger partial charge in [0.05, 0.1) is 6.61 Å². The number of carbonyl (C=O) groups excluding carboxylic acids is 2. The van der Waals surface area contributed by atoms with Crippen LogP contribution < -0.4 is 0 Å². The van der Waals surface area contributed by atoms with Crippen LogP contribution in [-0.4, -0.2) is 36.7 Å². The molecule has 5 nitrogen and oxygen atoms in total. The van der Waals surface area contributed by atoms with E-state index in [9.17, 15) is 9.59 Å². The highest BCUT2D eigenvalue weighted by atomic mass is 16.6. The number of benzene rings is 1. The third kappa shape index (κ3) is 13.4. The molecule has 1 aromatic rings. The number of amides is 1. The van der Waals surface area contributed by atoms with Crippen LogP contribution in [0, 0.1) is 0 Å². The second-order valence-corrected chi connectivity index (χ2v) is 8.74. The molecule has 32 heavy (non-hydrogen) atoms. The summed E-state index contributed by atoms with van der Waals surface area (Å²) >= 11 is 0. The maximum Gasteiger partial charge on any atom is 0.410 e. The fourth-order valence-corrected chi connectivity index (χ4v) is 3.55. The summed E-state index contributed by atoms with van der Waals surface area (Å²) in [6.07, 6.45) is 16.2. The highest BCUT2D eigenvalue weighted by Crippen LogP contribution is 2.13. The van der Waals surface area contributed by atoms with Gasteiger partial charge in [-0.1, -0.05) is 114 Å². The van der Waals surface area contributed by atoms with Crippen molar-refractivity contribution in [3.05, 3.63) is 35.9 Å². The third-order valence-electron chi connectivity index (χ3n) is 5.91. The minimum absolute atomic E-state index is 0.185. The Morgan fingerprint density at radius 1 is 0.781 bits per heavy atom. The van der Waals surface area contributed by atoms with Gasteiger partial charge in [0.2, 0.25) is 0 Å². The number of hydrogen-bond acceptors (Lipinski definition) is 4. The smallest absolute Gasteiger partial charge is 0.410 e. The van der Waals surface area contributed by atoms with E-state index in [4.69, 9.17) is 9.47 Å². The summed E-state index contributed by atoms with van der Waals surface area (Å²) < 4.78 is 10.6. The maximum atomic E-state index is 12.2. The van der Waals surface area contributed by atoms with E-state index in [0.717, 1.165) is 18.4 Å². The molecule has 1 aromatic carbocycles. The molecule has 5 heteroatoms. The molecule has 0 aromatic heterocycles. The van der Waals surface area contributed by atoms with Gasteiger partial charge in [-0.05, 0) is 18.9 Å². The van der Waals surface area contributed by atoms with Crippen LogP contribution in [0.4, 0.5) is 4.79 Å². The normalized spacial score (nSPS) is 11.7. The van der Waals surface area contributed by atoms with E-state index in [1.807, 2.05) is 30.3 Å². The van der Waals surface area contributed by atoms with Crippen LogP contribution in [0.2, 0.25) is 0 Å². The van der Waals surface area contributed by atoms with Crippen LogP contribution in [0.15, 0.2) is 30.3 Å². The predicted octanol–water partition coefficient (Wildman–Crippen LogP) is 7.28. The molecular formula is C27H45NO4. The number of likely N-dealkylation sites (N-methyl/N-ethyl adjacent to an activating group) is 1. The summed E-state index contributed by atoms with van der Waals surface area (Å²) in [5, 5.41) is 0. The molecule has 0 fully saturated rings. The molecule has 0 bridgehead atoms. The molecule has 1 amide bonds. The quantitative estimate of drug-likeness (QED) is 0.175. The van der Waals surface area contributed by atoms with Gasteiger partial charge in [-0.3, -0.25) is 4.90 Å². The molecule has 0 saturated carbocycles. The summed E-state index contributed by atoms with van der Waals surface area (Å²) in [6.45, 7) is 4.52. The number of nitrogens with zero attached hydrogens (tertiary/aromatic N) is 1. The van der Waals surface area contributed by atoms with Crippen molar-refractivity contribution in [1.82, 2.24) is 4.90 Å². The van der Waals surface area contributed by atoms with E-state index in [-0.39, 0.29) is 12.6 Å². The average molecular weight is 448 g/mol. The molecule has 0 radical (unpaired) electrons. The molecule has 1 rings (SSSR count). The Bertz CT molecular complexity index is 605. The molecule has 1 unspecified atom stereocenters. The van der Waals surface area contributed by atoms with Crippen molar-refractivity contribution in [2.24, 2.45) is 0 Å². The van der Waals surface area contributed by atoms with Gasteiger partial charge >= 0.3 is 12.1 Å². The fourth-order valence-electron chi connectivity index (χ4n) is 3.55. The molecule has 0 spiro atoms. The van der Waals surface area contributed by atoms with Gasteiger partial charge in [0.25, 0.3) is 0 Å². The molecule has 0 aliphatic carbocycles. The molecule has 0 heterocycles. The van der Waals surface area contributed by atoms with Crippen LogP contribution in [0.25, 0.3) is 0 Å². The number of esters is 1. The first kappa shape index (κ1) is 28.0. The topological polar surface area (TPSA) is 55.8 Å². The van der Waals surface area contributed by atoms with Crippen molar-refractivity contribution in [2.75, 3.05) is 13.7 Å². The summed E-state index contributed by atoms with van der Waals surface area (Å²) in [4.78, 5) is 25.7. The molecule has 1 atom stereocenters. The first-order valence-corrected chi connectivity index (χ1v) is 12.7. The van der Waals surface area contributed by atoms with Gasteiger partial charge in [-0.15, -0.1) is 0 Å².